The maximum atomic E-state index is 13.6. The lowest BCUT2D eigenvalue weighted by molar-refractivity contribution is 0.216. The molecule has 0 aliphatic carbocycles. The van der Waals surface area contributed by atoms with Gasteiger partial charge in [0.1, 0.15) is 16.5 Å². The molecule has 19 heavy (non-hydrogen) atoms. The lowest BCUT2D eigenvalue weighted by Crippen LogP contribution is -2.38. The van der Waals surface area contributed by atoms with E-state index in [4.69, 9.17) is 5.11 Å². The van der Waals surface area contributed by atoms with Gasteiger partial charge in [0.2, 0.25) is 10.0 Å². The number of halogens is 3. The van der Waals surface area contributed by atoms with Gasteiger partial charge in [0.05, 0.1) is 0 Å². The van der Waals surface area contributed by atoms with Crippen molar-refractivity contribution in [1.29, 1.82) is 0 Å². The van der Waals surface area contributed by atoms with Crippen LogP contribution in [0.1, 0.15) is 13.8 Å². The number of hydrogen-bond donors (Lipinski definition) is 2. The average Bonchev–Trinajstić information content (AvgIpc) is 2.24. The molecule has 1 rings (SSSR count). The molecule has 1 aromatic carbocycles. The Kier molecular flexibility index (Phi) is 5.43. The van der Waals surface area contributed by atoms with Crippen LogP contribution in [0.4, 0.5) is 8.78 Å². The predicted octanol–water partition coefficient (Wildman–Crippen LogP) is 2.02. The zero-order chi connectivity index (χ0) is 14.8. The molecule has 0 aliphatic rings. The van der Waals surface area contributed by atoms with Crippen molar-refractivity contribution in [3.8, 4) is 0 Å². The second-order valence-corrected chi connectivity index (χ2v) is 6.77. The van der Waals surface area contributed by atoms with Crippen LogP contribution in [0.25, 0.3) is 0 Å². The molecule has 0 aliphatic heterocycles. The summed E-state index contributed by atoms with van der Waals surface area (Å²) in [6.07, 6.45) is 0. The third-order valence-electron chi connectivity index (χ3n) is 2.71. The maximum absolute atomic E-state index is 13.6. The van der Waals surface area contributed by atoms with Crippen LogP contribution in [0.5, 0.6) is 0 Å². The molecule has 2 N–H and O–H groups in total. The smallest absolute Gasteiger partial charge is 0.244 e. The Bertz CT molecular complexity index is 542. The van der Waals surface area contributed by atoms with Gasteiger partial charge in [0, 0.05) is 23.2 Å². The molecule has 2 unspecified atom stereocenters. The molecule has 4 nitrogen and oxygen atoms in total. The zero-order valence-corrected chi connectivity index (χ0v) is 12.7. The van der Waals surface area contributed by atoms with Gasteiger partial charge in [0.25, 0.3) is 0 Å². The second-order valence-electron chi connectivity index (χ2n) is 4.27. The van der Waals surface area contributed by atoms with E-state index in [2.05, 4.69) is 20.7 Å². The highest BCUT2D eigenvalue weighted by molar-refractivity contribution is 9.10. The first-order valence-electron chi connectivity index (χ1n) is 5.46. The van der Waals surface area contributed by atoms with Gasteiger partial charge in [-0.1, -0.05) is 6.92 Å². The summed E-state index contributed by atoms with van der Waals surface area (Å²) in [7, 11) is -4.14. The minimum absolute atomic E-state index is 0.193. The first-order chi connectivity index (χ1) is 8.69. The van der Waals surface area contributed by atoms with Gasteiger partial charge in [-0.25, -0.2) is 21.9 Å². The Morgan fingerprint density at radius 2 is 1.95 bits per heavy atom. The van der Waals surface area contributed by atoms with Crippen LogP contribution < -0.4 is 4.72 Å². The van der Waals surface area contributed by atoms with Crippen molar-refractivity contribution in [3.05, 3.63) is 28.2 Å². The lowest BCUT2D eigenvalue weighted by Gasteiger charge is -2.19. The third-order valence-corrected chi connectivity index (χ3v) is 5.24. The molecule has 0 aromatic heterocycles. The predicted molar refractivity (Wildman–Crippen MR) is 70.1 cm³/mol. The van der Waals surface area contributed by atoms with Gasteiger partial charge in [-0.05, 0) is 34.8 Å². The van der Waals surface area contributed by atoms with Gasteiger partial charge < -0.3 is 5.11 Å². The van der Waals surface area contributed by atoms with E-state index < -0.39 is 32.6 Å². The molecule has 0 bridgehead atoms. The van der Waals surface area contributed by atoms with E-state index in [-0.39, 0.29) is 17.0 Å². The van der Waals surface area contributed by atoms with Crippen molar-refractivity contribution >= 4 is 26.0 Å². The quantitative estimate of drug-likeness (QED) is 0.847. The average molecular weight is 358 g/mol. The summed E-state index contributed by atoms with van der Waals surface area (Å²) >= 11 is 2.83. The highest BCUT2D eigenvalue weighted by Gasteiger charge is 2.26. The van der Waals surface area contributed by atoms with E-state index in [0.29, 0.717) is 6.07 Å². The molecular weight excluding hydrogens is 344 g/mol. The molecule has 2 atom stereocenters. The van der Waals surface area contributed by atoms with Crippen molar-refractivity contribution in [1.82, 2.24) is 4.72 Å². The number of nitrogens with one attached hydrogen (secondary N) is 1. The molecule has 8 heteroatoms. The zero-order valence-electron chi connectivity index (χ0n) is 10.3. The first kappa shape index (κ1) is 16.5. The van der Waals surface area contributed by atoms with Crippen LogP contribution in [0, 0.1) is 17.6 Å². The molecule has 0 spiro atoms. The van der Waals surface area contributed by atoms with E-state index >= 15 is 0 Å². The molecule has 1 aromatic rings. The SMILES string of the molecule is CC(CO)C(C)NS(=O)(=O)c1c(F)cc(F)cc1Br. The topological polar surface area (TPSA) is 66.4 Å². The Morgan fingerprint density at radius 1 is 1.37 bits per heavy atom. The van der Waals surface area contributed by atoms with Gasteiger partial charge >= 0.3 is 0 Å². The number of benzene rings is 1. The lowest BCUT2D eigenvalue weighted by atomic mass is 10.1. The Labute approximate surface area is 119 Å². The van der Waals surface area contributed by atoms with E-state index in [1.54, 1.807) is 13.8 Å². The third kappa shape index (κ3) is 3.95. The molecule has 0 radical (unpaired) electrons. The molecule has 0 saturated carbocycles. The maximum Gasteiger partial charge on any atom is 0.244 e. The summed E-state index contributed by atoms with van der Waals surface area (Å²) in [6.45, 7) is 2.98. The summed E-state index contributed by atoms with van der Waals surface area (Å²) in [6, 6.07) is 0.781. The van der Waals surface area contributed by atoms with Crippen LogP contribution in [-0.4, -0.2) is 26.2 Å². The first-order valence-corrected chi connectivity index (χ1v) is 7.74. The number of sulfonamides is 1. The van der Waals surface area contributed by atoms with E-state index in [1.165, 1.54) is 0 Å². The molecule has 108 valence electrons. The summed E-state index contributed by atoms with van der Waals surface area (Å²) in [4.78, 5) is -0.647. The molecule has 0 fully saturated rings. The van der Waals surface area contributed by atoms with Crippen LogP contribution in [-0.2, 0) is 10.0 Å². The van der Waals surface area contributed by atoms with Crippen molar-refractivity contribution < 1.29 is 22.3 Å². The minimum atomic E-state index is -4.14. The van der Waals surface area contributed by atoms with E-state index in [9.17, 15) is 17.2 Å². The Morgan fingerprint density at radius 3 is 2.42 bits per heavy atom. The van der Waals surface area contributed by atoms with Gasteiger partial charge in [0.15, 0.2) is 0 Å². The second kappa shape index (κ2) is 6.25. The number of rotatable bonds is 5. The Hall–Kier alpha value is -0.570. The number of hydrogen-bond acceptors (Lipinski definition) is 3. The van der Waals surface area contributed by atoms with Crippen LogP contribution in [0.3, 0.4) is 0 Å². The fourth-order valence-electron chi connectivity index (χ4n) is 1.36. The fourth-order valence-corrected chi connectivity index (χ4v) is 3.88. The number of aliphatic hydroxyl groups excluding tert-OH is 1. The van der Waals surface area contributed by atoms with Gasteiger partial charge in [-0.3, -0.25) is 0 Å². The fraction of sp³-hybridized carbons (Fsp3) is 0.455. The summed E-state index contributed by atoms with van der Waals surface area (Å²) in [5.74, 6) is -2.39. The largest absolute Gasteiger partial charge is 0.396 e. The summed E-state index contributed by atoms with van der Waals surface area (Å²) < 4.78 is 52.6. The van der Waals surface area contributed by atoms with Crippen LogP contribution >= 0.6 is 15.9 Å². The van der Waals surface area contributed by atoms with E-state index in [1.807, 2.05) is 0 Å². The van der Waals surface area contributed by atoms with Crippen LogP contribution in [0.15, 0.2) is 21.5 Å². The van der Waals surface area contributed by atoms with Crippen molar-refractivity contribution in [3.63, 3.8) is 0 Å². The van der Waals surface area contributed by atoms with Gasteiger partial charge in [-0.15, -0.1) is 0 Å². The van der Waals surface area contributed by atoms with Crippen LogP contribution in [0.2, 0.25) is 0 Å². The molecule has 0 saturated heterocycles. The molecule has 0 amide bonds. The number of aliphatic hydroxyl groups is 1. The van der Waals surface area contributed by atoms with E-state index in [0.717, 1.165) is 6.07 Å². The normalized spacial score (nSPS) is 15.3. The van der Waals surface area contributed by atoms with Crippen molar-refractivity contribution in [2.75, 3.05) is 6.61 Å². The summed E-state index contributed by atoms with van der Waals surface area (Å²) in [5.41, 5.74) is 0. The molecular formula is C11H14BrF2NO3S. The minimum Gasteiger partial charge on any atom is -0.396 e. The van der Waals surface area contributed by atoms with Crippen molar-refractivity contribution in [2.45, 2.75) is 24.8 Å². The van der Waals surface area contributed by atoms with Crippen molar-refractivity contribution in [2.24, 2.45) is 5.92 Å². The highest BCUT2D eigenvalue weighted by atomic mass is 79.9. The summed E-state index contributed by atoms with van der Waals surface area (Å²) in [5, 5.41) is 8.95. The standard InChI is InChI=1S/C11H14BrF2NO3S/c1-6(5-16)7(2)15-19(17,18)11-9(12)3-8(13)4-10(11)14/h3-4,6-7,15-16H,5H2,1-2H3. The molecule has 0 heterocycles. The highest BCUT2D eigenvalue weighted by Crippen LogP contribution is 2.26. The Balaban J connectivity index is 3.15. The monoisotopic (exact) mass is 357 g/mol. The van der Waals surface area contributed by atoms with Gasteiger partial charge in [-0.2, -0.15) is 0 Å².